The molecule has 0 radical (unpaired) electrons. The fraction of sp³-hybridized carbons (Fsp3) is 0.970. The number of hydrogen-bond acceptors (Lipinski definition) is 11. The Morgan fingerprint density at radius 3 is 1.41 bits per heavy atom. The molecule has 0 saturated carbocycles. The quantitative estimate of drug-likeness (QED) is 0.0599. The zero-order valence-electron chi connectivity index (χ0n) is 36.6. The van der Waals surface area contributed by atoms with Gasteiger partial charge in [0, 0.05) is 0 Å². The molecule has 1 heterocycles. The first-order valence-electron chi connectivity index (χ1n) is 18.6. The van der Waals surface area contributed by atoms with Crippen LogP contribution in [0.5, 0.6) is 0 Å². The standard InChI is InChI=1S/C33H79NO10Si7/c1-35-34-23-26(39-46(5,6)7)29(41-48(11,12)13)28(40-47(8,9)10)24-36-33-32(44-51(20,21)22)31(43-50(17,18)19)30(42-49(14,15)16)27(38-33)25-37-45(2,3)4/h23,26-33H,24-25H2,1-22H3/b34-23+. The van der Waals surface area contributed by atoms with Crippen LogP contribution in [0.2, 0.25) is 137 Å². The molecule has 1 fully saturated rings. The van der Waals surface area contributed by atoms with Crippen LogP contribution in [0.1, 0.15) is 0 Å². The highest BCUT2D eigenvalue weighted by Crippen LogP contribution is 2.35. The van der Waals surface area contributed by atoms with Crippen LogP contribution in [0.15, 0.2) is 5.16 Å². The summed E-state index contributed by atoms with van der Waals surface area (Å²) in [7, 11) is -13.1. The summed E-state index contributed by atoms with van der Waals surface area (Å²) in [5.74, 6) is 0. The second-order valence-electron chi connectivity index (χ2n) is 20.5. The van der Waals surface area contributed by atoms with E-state index in [0.717, 1.165) is 0 Å². The van der Waals surface area contributed by atoms with Crippen molar-refractivity contribution in [2.24, 2.45) is 5.16 Å². The van der Waals surface area contributed by atoms with Gasteiger partial charge in [-0.1, -0.05) is 5.16 Å². The Balaban J connectivity index is 3.88. The zero-order valence-corrected chi connectivity index (χ0v) is 43.6. The van der Waals surface area contributed by atoms with Crippen molar-refractivity contribution in [1.82, 2.24) is 0 Å². The fourth-order valence-electron chi connectivity index (χ4n) is 5.42. The van der Waals surface area contributed by atoms with Gasteiger partial charge in [0.2, 0.25) is 0 Å². The first-order chi connectivity index (χ1) is 22.6. The number of ether oxygens (including phenoxy) is 2. The molecule has 0 N–H and O–H groups in total. The SMILES string of the molecule is CO/N=C/C(O[Si](C)(C)C)C(O[Si](C)(C)C)C(COC1OC(CO[Si](C)(C)C)C(O[Si](C)(C)C)C(O[Si](C)(C)C)C1O[Si](C)(C)C)O[Si](C)(C)C. The minimum Gasteiger partial charge on any atom is -0.415 e. The van der Waals surface area contributed by atoms with Gasteiger partial charge >= 0.3 is 0 Å². The van der Waals surface area contributed by atoms with Crippen LogP contribution in [-0.4, -0.2) is 134 Å². The Bertz CT molecular complexity index is 1060. The third kappa shape index (κ3) is 22.1. The maximum atomic E-state index is 7.07. The van der Waals surface area contributed by atoms with Crippen LogP contribution in [0.4, 0.5) is 0 Å². The molecule has 0 aliphatic carbocycles. The summed E-state index contributed by atoms with van der Waals surface area (Å²) in [6.07, 6.45) is -2.30. The Hall–Kier alpha value is 0.628. The molecule has 0 bridgehead atoms. The lowest BCUT2D eigenvalue weighted by atomic mass is 9.99. The van der Waals surface area contributed by atoms with E-state index in [-0.39, 0.29) is 12.7 Å². The summed E-state index contributed by atoms with van der Waals surface area (Å²) in [4.78, 5) is 5.15. The normalized spacial score (nSPS) is 25.3. The minimum atomic E-state index is -2.15. The molecule has 0 aromatic rings. The number of hydrogen-bond donors (Lipinski definition) is 0. The lowest BCUT2D eigenvalue weighted by molar-refractivity contribution is -0.295. The van der Waals surface area contributed by atoms with Crippen molar-refractivity contribution in [1.29, 1.82) is 0 Å². The molecule has 0 amide bonds. The molecule has 1 rings (SSSR count). The largest absolute Gasteiger partial charge is 0.415 e. The van der Waals surface area contributed by atoms with E-state index in [1.807, 2.05) is 0 Å². The molecule has 0 aromatic heterocycles. The average Bonchev–Trinajstić information content (AvgIpc) is 2.85. The molecule has 51 heavy (non-hydrogen) atoms. The van der Waals surface area contributed by atoms with Crippen molar-refractivity contribution in [3.63, 3.8) is 0 Å². The predicted octanol–water partition coefficient (Wildman–Crippen LogP) is 8.53. The van der Waals surface area contributed by atoms with Crippen LogP contribution < -0.4 is 0 Å². The highest BCUT2D eigenvalue weighted by atomic mass is 28.4. The lowest BCUT2D eigenvalue weighted by Gasteiger charge is -2.51. The van der Waals surface area contributed by atoms with Crippen LogP contribution >= 0.6 is 0 Å². The van der Waals surface area contributed by atoms with Gasteiger partial charge < -0.3 is 45.3 Å². The number of rotatable bonds is 22. The van der Waals surface area contributed by atoms with Gasteiger partial charge in [-0.15, -0.1) is 0 Å². The molecule has 8 atom stereocenters. The van der Waals surface area contributed by atoms with Crippen LogP contribution in [0.25, 0.3) is 0 Å². The highest BCUT2D eigenvalue weighted by Gasteiger charge is 2.53. The molecule has 1 aliphatic heterocycles. The summed E-state index contributed by atoms with van der Waals surface area (Å²) in [6, 6.07) is 0. The maximum absolute atomic E-state index is 7.07. The van der Waals surface area contributed by atoms with Gasteiger partial charge in [0.05, 0.1) is 25.5 Å². The fourth-order valence-corrected chi connectivity index (χ4v) is 12.6. The van der Waals surface area contributed by atoms with E-state index < -0.39 is 101 Å². The summed E-state index contributed by atoms with van der Waals surface area (Å²) >= 11 is 0. The third-order valence-corrected chi connectivity index (χ3v) is 13.6. The first-order valence-corrected chi connectivity index (χ1v) is 42.5. The van der Waals surface area contributed by atoms with E-state index >= 15 is 0 Å². The smallest absolute Gasteiger partial charge is 0.185 e. The van der Waals surface area contributed by atoms with E-state index in [1.165, 1.54) is 7.11 Å². The second-order valence-corrected chi connectivity index (χ2v) is 51.8. The van der Waals surface area contributed by atoms with Gasteiger partial charge in [-0.05, 0) is 137 Å². The Morgan fingerprint density at radius 2 is 1.00 bits per heavy atom. The number of oxime groups is 1. The second kappa shape index (κ2) is 19.2. The topological polar surface area (TPSA) is 105 Å². The van der Waals surface area contributed by atoms with Crippen LogP contribution in [0.3, 0.4) is 0 Å². The molecule has 0 spiro atoms. The average molecular weight is 847 g/mol. The van der Waals surface area contributed by atoms with Crippen molar-refractivity contribution in [2.45, 2.75) is 187 Å². The summed E-state index contributed by atoms with van der Waals surface area (Å²) in [6.45, 7) is 46.5. The Kier molecular flexibility index (Phi) is 18.7. The summed E-state index contributed by atoms with van der Waals surface area (Å²) in [5, 5.41) is 4.17. The molecular weight excluding hydrogens is 767 g/mol. The van der Waals surface area contributed by atoms with Gasteiger partial charge in [-0.25, -0.2) is 0 Å². The number of nitrogens with zero attached hydrogens (tertiary/aromatic N) is 1. The van der Waals surface area contributed by atoms with Gasteiger partial charge in [-0.3, -0.25) is 0 Å². The summed E-state index contributed by atoms with van der Waals surface area (Å²) in [5.41, 5.74) is 0. The van der Waals surface area contributed by atoms with E-state index in [9.17, 15) is 0 Å². The van der Waals surface area contributed by atoms with Crippen LogP contribution in [0, 0.1) is 0 Å². The Morgan fingerprint density at radius 1 is 0.549 bits per heavy atom. The monoisotopic (exact) mass is 845 g/mol. The van der Waals surface area contributed by atoms with Gasteiger partial charge in [-0.2, -0.15) is 0 Å². The molecule has 0 aromatic carbocycles. The highest BCUT2D eigenvalue weighted by molar-refractivity contribution is 6.72. The van der Waals surface area contributed by atoms with Gasteiger partial charge in [0.15, 0.2) is 64.5 Å². The van der Waals surface area contributed by atoms with E-state index in [1.54, 1.807) is 6.21 Å². The first kappa shape index (κ1) is 49.6. The molecule has 1 saturated heterocycles. The zero-order chi connectivity index (χ0) is 40.0. The molecule has 8 unspecified atom stereocenters. The van der Waals surface area contributed by atoms with E-state index in [2.05, 4.69) is 143 Å². The molecule has 1 aliphatic rings. The van der Waals surface area contributed by atoms with Crippen molar-refractivity contribution in [3.8, 4) is 0 Å². The molecule has 18 heteroatoms. The third-order valence-electron chi connectivity index (χ3n) is 6.65. The van der Waals surface area contributed by atoms with E-state index in [0.29, 0.717) is 6.61 Å². The van der Waals surface area contributed by atoms with Crippen molar-refractivity contribution >= 4 is 64.4 Å². The lowest BCUT2D eigenvalue weighted by Crippen LogP contribution is -2.66. The van der Waals surface area contributed by atoms with Crippen LogP contribution in [-0.2, 0) is 45.3 Å². The Labute approximate surface area is 320 Å². The molecular formula is C33H79NO10Si7. The van der Waals surface area contributed by atoms with E-state index in [4.69, 9.17) is 45.3 Å². The van der Waals surface area contributed by atoms with Crippen molar-refractivity contribution in [3.05, 3.63) is 0 Å². The molecule has 11 nitrogen and oxygen atoms in total. The minimum absolute atomic E-state index is 0.183. The van der Waals surface area contributed by atoms with Gasteiger partial charge in [0.25, 0.3) is 0 Å². The van der Waals surface area contributed by atoms with Crippen molar-refractivity contribution < 1.29 is 45.3 Å². The molecule has 304 valence electrons. The van der Waals surface area contributed by atoms with Crippen molar-refractivity contribution in [2.75, 3.05) is 20.3 Å². The predicted molar refractivity (Wildman–Crippen MR) is 229 cm³/mol. The maximum Gasteiger partial charge on any atom is 0.185 e. The summed E-state index contributed by atoms with van der Waals surface area (Å²) < 4.78 is 62.1. The van der Waals surface area contributed by atoms with Gasteiger partial charge in [0.1, 0.15) is 43.7 Å².